The van der Waals surface area contributed by atoms with E-state index >= 15 is 0 Å². The van der Waals surface area contributed by atoms with Gasteiger partial charge >= 0.3 is 0 Å². The Morgan fingerprint density at radius 3 is 2.59 bits per heavy atom. The topological polar surface area (TPSA) is 64.4 Å². The fourth-order valence-corrected chi connectivity index (χ4v) is 4.26. The molecule has 1 aliphatic heterocycles. The number of rotatable bonds is 4. The zero-order valence-corrected chi connectivity index (χ0v) is 13.5. The van der Waals surface area contributed by atoms with Gasteiger partial charge < -0.3 is 4.74 Å². The predicted octanol–water partition coefficient (Wildman–Crippen LogP) is 1.61. The maximum Gasteiger partial charge on any atom is 0.246 e. The van der Waals surface area contributed by atoms with E-state index in [2.05, 4.69) is 5.10 Å². The molecule has 0 amide bonds. The van der Waals surface area contributed by atoms with Gasteiger partial charge in [0.15, 0.2) is 0 Å². The number of hydrogen-bond donors (Lipinski definition) is 0. The Kier molecular flexibility index (Phi) is 3.92. The van der Waals surface area contributed by atoms with Crippen LogP contribution in [0.2, 0.25) is 0 Å². The third-order valence-corrected chi connectivity index (χ3v) is 5.88. The van der Waals surface area contributed by atoms with Gasteiger partial charge in [0.05, 0.1) is 13.3 Å². The summed E-state index contributed by atoms with van der Waals surface area (Å²) in [6, 6.07) is 7.83. The van der Waals surface area contributed by atoms with Gasteiger partial charge in [0.2, 0.25) is 10.0 Å². The van der Waals surface area contributed by atoms with E-state index in [0.29, 0.717) is 13.1 Å². The summed E-state index contributed by atoms with van der Waals surface area (Å²) in [5, 5.41) is 3.95. The van der Waals surface area contributed by atoms with Crippen LogP contribution < -0.4 is 4.74 Å². The maximum absolute atomic E-state index is 12.6. The first kappa shape index (κ1) is 15.1. The molecule has 0 bridgehead atoms. The van der Waals surface area contributed by atoms with Crippen molar-refractivity contribution in [3.63, 3.8) is 0 Å². The summed E-state index contributed by atoms with van der Waals surface area (Å²) in [6.07, 6.45) is 3.76. The van der Waals surface area contributed by atoms with Crippen LogP contribution in [0.5, 0.6) is 5.75 Å². The number of aromatic nitrogens is 2. The van der Waals surface area contributed by atoms with Crippen molar-refractivity contribution >= 4 is 10.0 Å². The molecule has 0 spiro atoms. The number of methoxy groups -OCH3 is 1. The molecule has 0 unspecified atom stereocenters. The Morgan fingerprint density at radius 2 is 2.00 bits per heavy atom. The van der Waals surface area contributed by atoms with Gasteiger partial charge in [-0.05, 0) is 30.0 Å². The zero-order chi connectivity index (χ0) is 15.7. The summed E-state index contributed by atoms with van der Waals surface area (Å²) in [5.74, 6) is 1.03. The molecule has 1 aromatic carbocycles. The summed E-state index contributed by atoms with van der Waals surface area (Å²) in [5.41, 5.74) is 1.14. The average molecular weight is 321 g/mol. The molecule has 2 heterocycles. The molecular formula is C15H19N3O3S. The normalized spacial score (nSPS) is 19.5. The Morgan fingerprint density at radius 1 is 1.27 bits per heavy atom. The van der Waals surface area contributed by atoms with Crippen LogP contribution in [0.3, 0.4) is 0 Å². The molecular weight excluding hydrogens is 302 g/mol. The second kappa shape index (κ2) is 5.73. The van der Waals surface area contributed by atoms with Crippen molar-refractivity contribution in [1.82, 2.24) is 14.1 Å². The standard InChI is InChI=1S/C15H19N3O3S/c1-17-11-15(9-16-17)22(19,20)18-8-7-13(10-18)12-3-5-14(21-2)6-4-12/h3-6,9,11,13H,7-8,10H2,1-2H3/t13-/m0/s1. The van der Waals surface area contributed by atoms with Gasteiger partial charge in [-0.1, -0.05) is 12.1 Å². The summed E-state index contributed by atoms with van der Waals surface area (Å²) in [7, 11) is -0.103. The third-order valence-electron chi connectivity index (χ3n) is 4.06. The average Bonchev–Trinajstić information content (AvgIpc) is 3.17. The molecule has 118 valence electrons. The molecule has 1 fully saturated rings. The minimum Gasteiger partial charge on any atom is -0.497 e. The molecule has 22 heavy (non-hydrogen) atoms. The van der Waals surface area contributed by atoms with E-state index in [4.69, 9.17) is 4.74 Å². The Hall–Kier alpha value is -1.86. The first-order valence-corrected chi connectivity index (χ1v) is 8.57. The highest BCUT2D eigenvalue weighted by molar-refractivity contribution is 7.89. The second-order valence-electron chi connectivity index (χ2n) is 5.47. The molecule has 1 saturated heterocycles. The number of nitrogens with zero attached hydrogens (tertiary/aromatic N) is 3. The van der Waals surface area contributed by atoms with Crippen LogP contribution in [0.1, 0.15) is 17.9 Å². The fourth-order valence-electron chi connectivity index (χ4n) is 2.78. The lowest BCUT2D eigenvalue weighted by Gasteiger charge is -2.15. The van der Waals surface area contributed by atoms with Gasteiger partial charge in [-0.15, -0.1) is 0 Å². The van der Waals surface area contributed by atoms with Gasteiger partial charge in [0, 0.05) is 26.3 Å². The monoisotopic (exact) mass is 321 g/mol. The van der Waals surface area contributed by atoms with Crippen LogP contribution in [-0.2, 0) is 17.1 Å². The number of benzene rings is 1. The van der Waals surface area contributed by atoms with Crippen LogP contribution >= 0.6 is 0 Å². The molecule has 3 rings (SSSR count). The predicted molar refractivity (Wildman–Crippen MR) is 82.3 cm³/mol. The molecule has 2 aromatic rings. The van der Waals surface area contributed by atoms with Crippen molar-refractivity contribution in [3.05, 3.63) is 42.2 Å². The highest BCUT2D eigenvalue weighted by atomic mass is 32.2. The lowest BCUT2D eigenvalue weighted by Crippen LogP contribution is -2.28. The maximum atomic E-state index is 12.6. The van der Waals surface area contributed by atoms with Crippen molar-refractivity contribution in [1.29, 1.82) is 0 Å². The lowest BCUT2D eigenvalue weighted by molar-refractivity contribution is 0.414. The number of aryl methyl sites for hydroxylation is 1. The Labute approximate surface area is 130 Å². The van der Waals surface area contributed by atoms with E-state index in [0.717, 1.165) is 17.7 Å². The SMILES string of the molecule is COc1ccc([C@H]2CCN(S(=O)(=O)c3cnn(C)c3)C2)cc1. The van der Waals surface area contributed by atoms with Crippen LogP contribution in [0.25, 0.3) is 0 Å². The van der Waals surface area contributed by atoms with E-state index < -0.39 is 10.0 Å². The van der Waals surface area contributed by atoms with E-state index in [-0.39, 0.29) is 10.8 Å². The highest BCUT2D eigenvalue weighted by Crippen LogP contribution is 2.31. The molecule has 0 radical (unpaired) electrons. The summed E-state index contributed by atoms with van der Waals surface area (Å²) in [6.45, 7) is 1.04. The number of sulfonamides is 1. The largest absolute Gasteiger partial charge is 0.497 e. The molecule has 0 aliphatic carbocycles. The first-order valence-electron chi connectivity index (χ1n) is 7.13. The quantitative estimate of drug-likeness (QED) is 0.858. The van der Waals surface area contributed by atoms with Crippen LogP contribution in [0.4, 0.5) is 0 Å². The summed E-state index contributed by atoms with van der Waals surface area (Å²) < 4.78 is 33.4. The first-order chi connectivity index (χ1) is 10.5. The van der Waals surface area contributed by atoms with Gasteiger partial charge in [-0.2, -0.15) is 9.40 Å². The smallest absolute Gasteiger partial charge is 0.246 e. The minimum atomic E-state index is -3.45. The van der Waals surface area contributed by atoms with Gasteiger partial charge in [-0.25, -0.2) is 8.42 Å². The minimum absolute atomic E-state index is 0.220. The zero-order valence-electron chi connectivity index (χ0n) is 12.6. The van der Waals surface area contributed by atoms with Crippen molar-refractivity contribution in [2.24, 2.45) is 7.05 Å². The van der Waals surface area contributed by atoms with Gasteiger partial charge in [0.25, 0.3) is 0 Å². The molecule has 0 N–H and O–H groups in total. The van der Waals surface area contributed by atoms with E-state index in [1.54, 1.807) is 18.5 Å². The molecule has 1 aliphatic rings. The highest BCUT2D eigenvalue weighted by Gasteiger charge is 2.33. The van der Waals surface area contributed by atoms with Crippen LogP contribution in [-0.4, -0.2) is 42.7 Å². The van der Waals surface area contributed by atoms with Crippen molar-refractivity contribution < 1.29 is 13.2 Å². The van der Waals surface area contributed by atoms with Gasteiger partial charge in [-0.3, -0.25) is 4.68 Å². The van der Waals surface area contributed by atoms with Gasteiger partial charge in [0.1, 0.15) is 10.6 Å². The molecule has 0 saturated carbocycles. The lowest BCUT2D eigenvalue weighted by atomic mass is 9.99. The van der Waals surface area contributed by atoms with E-state index in [1.807, 2.05) is 24.3 Å². The third kappa shape index (κ3) is 2.74. The molecule has 6 nitrogen and oxygen atoms in total. The second-order valence-corrected chi connectivity index (χ2v) is 7.41. The van der Waals surface area contributed by atoms with E-state index in [1.165, 1.54) is 17.1 Å². The molecule has 1 atom stereocenters. The Balaban J connectivity index is 1.76. The summed E-state index contributed by atoms with van der Waals surface area (Å²) >= 11 is 0. The van der Waals surface area contributed by atoms with Crippen LogP contribution in [0, 0.1) is 0 Å². The summed E-state index contributed by atoms with van der Waals surface area (Å²) in [4.78, 5) is 0.255. The number of ether oxygens (including phenoxy) is 1. The van der Waals surface area contributed by atoms with E-state index in [9.17, 15) is 8.42 Å². The number of hydrogen-bond acceptors (Lipinski definition) is 4. The molecule has 1 aromatic heterocycles. The van der Waals surface area contributed by atoms with Crippen molar-refractivity contribution in [3.8, 4) is 5.75 Å². The van der Waals surface area contributed by atoms with Crippen molar-refractivity contribution in [2.75, 3.05) is 20.2 Å². The van der Waals surface area contributed by atoms with Crippen molar-refractivity contribution in [2.45, 2.75) is 17.2 Å². The molecule has 7 heteroatoms. The fraction of sp³-hybridized carbons (Fsp3) is 0.400. The Bertz CT molecular complexity index is 753. The van der Waals surface area contributed by atoms with Crippen LogP contribution in [0.15, 0.2) is 41.6 Å².